The highest BCUT2D eigenvalue weighted by Gasteiger charge is 2.38. The molecule has 5 rings (SSSR count). The summed E-state index contributed by atoms with van der Waals surface area (Å²) in [4.78, 5) is 48.0. The second kappa shape index (κ2) is 17.5. The fraction of sp³-hybridized carbons (Fsp3) is 0.500. The van der Waals surface area contributed by atoms with Crippen molar-refractivity contribution in [3.8, 4) is 5.75 Å². The predicted octanol–water partition coefficient (Wildman–Crippen LogP) is 1.35. The van der Waals surface area contributed by atoms with E-state index in [0.29, 0.717) is 57.8 Å². The first-order valence-corrected chi connectivity index (χ1v) is 22.5. The molecule has 1 heterocycles. The topological polar surface area (TPSA) is 236 Å². The predicted molar refractivity (Wildman–Crippen MR) is 227 cm³/mol. The Kier molecular flexibility index (Phi) is 13.5. The van der Waals surface area contributed by atoms with Crippen LogP contribution in [0.2, 0.25) is 0 Å². The maximum atomic E-state index is 14.5. The van der Waals surface area contributed by atoms with Gasteiger partial charge in [-0.3, -0.25) is 19.2 Å². The summed E-state index contributed by atoms with van der Waals surface area (Å²) in [5.74, 6) is -6.33. The van der Waals surface area contributed by atoms with Crippen molar-refractivity contribution in [1.29, 1.82) is 0 Å². The maximum Gasteiger partial charge on any atom is 0.318 e. The first kappa shape index (κ1) is 47.2. The number of aliphatic carboxylic acids is 4. The fourth-order valence-corrected chi connectivity index (χ4v) is 11.0. The molecular formula is C40H57N6O13S2+3. The number of sulfonamides is 2. The Hall–Kier alpha value is -4.90. The summed E-state index contributed by atoms with van der Waals surface area (Å²) in [7, 11) is 4.36. The molecule has 21 heteroatoms. The third-order valence-corrected chi connectivity index (χ3v) is 15.0. The number of rotatable bonds is 21. The highest BCUT2D eigenvalue weighted by molar-refractivity contribution is 7.90. The van der Waals surface area contributed by atoms with E-state index in [9.17, 15) is 56.4 Å². The van der Waals surface area contributed by atoms with Crippen LogP contribution in [-0.4, -0.2) is 211 Å². The average Bonchev–Trinajstić information content (AvgIpc) is 3.13. The Labute approximate surface area is 355 Å². The molecular weight excluding hydrogens is 837 g/mol. The van der Waals surface area contributed by atoms with Crippen molar-refractivity contribution in [3.63, 3.8) is 0 Å². The second-order valence-corrected chi connectivity index (χ2v) is 21.6. The molecule has 1 saturated heterocycles. The van der Waals surface area contributed by atoms with E-state index in [-0.39, 0.29) is 24.8 Å². The molecule has 0 bridgehead atoms. The number of anilines is 1. The number of carboxylic acids is 4. The fourth-order valence-electron chi connectivity index (χ4n) is 7.82. The Bertz CT molecular complexity index is 2450. The van der Waals surface area contributed by atoms with Gasteiger partial charge in [-0.15, -0.1) is 0 Å². The highest BCUT2D eigenvalue weighted by atomic mass is 32.2. The van der Waals surface area contributed by atoms with Crippen molar-refractivity contribution in [2.45, 2.75) is 16.2 Å². The second-order valence-electron chi connectivity index (χ2n) is 17.8. The SMILES string of the molecule is CN(CCC[N+](C)(C)C)c1cc(OCC[N+]2(C)CC[N+](C)(C)CC2)c2ccc3c(S(=O)(=O)N(CC(=O)O)CC(=O)O)cc(S(=O)(=O)N(CC(=O)O)CC(=O)O)c4ccc1c2c34. The van der Waals surface area contributed by atoms with E-state index in [0.717, 1.165) is 48.1 Å². The van der Waals surface area contributed by atoms with Gasteiger partial charge < -0.3 is 43.5 Å². The summed E-state index contributed by atoms with van der Waals surface area (Å²) in [6, 6.07) is 8.72. The minimum atomic E-state index is -5.17. The Morgan fingerprint density at radius 2 is 1.10 bits per heavy atom. The molecule has 0 aromatic heterocycles. The van der Waals surface area contributed by atoms with Gasteiger partial charge in [0.25, 0.3) is 0 Å². The summed E-state index contributed by atoms with van der Waals surface area (Å²) in [6.07, 6.45) is 0.777. The number of nitrogens with zero attached hydrogens (tertiary/aromatic N) is 6. The van der Waals surface area contributed by atoms with Crippen LogP contribution in [-0.2, 0) is 39.2 Å². The van der Waals surface area contributed by atoms with Gasteiger partial charge in [-0.1, -0.05) is 18.2 Å². The van der Waals surface area contributed by atoms with Crippen molar-refractivity contribution in [2.24, 2.45) is 0 Å². The Morgan fingerprint density at radius 3 is 1.54 bits per heavy atom. The lowest BCUT2D eigenvalue weighted by Gasteiger charge is -2.44. The zero-order valence-corrected chi connectivity index (χ0v) is 37.3. The van der Waals surface area contributed by atoms with Gasteiger partial charge in [-0.2, -0.15) is 8.61 Å². The number of piperazine rings is 1. The van der Waals surface area contributed by atoms with Gasteiger partial charge in [0.2, 0.25) is 20.0 Å². The summed E-state index contributed by atoms with van der Waals surface area (Å²) < 4.78 is 67.5. The van der Waals surface area contributed by atoms with Crippen molar-refractivity contribution in [3.05, 3.63) is 36.4 Å². The summed E-state index contributed by atoms with van der Waals surface area (Å²) in [5.41, 5.74) is 0.671. The normalized spacial score (nSPS) is 15.8. The summed E-state index contributed by atoms with van der Waals surface area (Å²) in [6.45, 7) is 1.06. The van der Waals surface area contributed by atoms with Crippen LogP contribution in [0.4, 0.5) is 5.69 Å². The first-order valence-electron chi connectivity index (χ1n) is 19.6. The highest BCUT2D eigenvalue weighted by Crippen LogP contribution is 2.47. The van der Waals surface area contributed by atoms with Crippen molar-refractivity contribution < 1.29 is 74.6 Å². The van der Waals surface area contributed by atoms with Crippen LogP contribution < -0.4 is 9.64 Å². The van der Waals surface area contributed by atoms with Gasteiger partial charge in [-0.25, -0.2) is 16.8 Å². The zero-order chi connectivity index (χ0) is 45.5. The summed E-state index contributed by atoms with van der Waals surface area (Å²) in [5, 5.41) is 39.9. The van der Waals surface area contributed by atoms with Crippen LogP contribution in [0, 0.1) is 0 Å². The van der Waals surface area contributed by atoms with Gasteiger partial charge in [0.15, 0.2) is 0 Å². The maximum absolute atomic E-state index is 14.5. The van der Waals surface area contributed by atoms with Crippen LogP contribution in [0.3, 0.4) is 0 Å². The molecule has 0 unspecified atom stereocenters. The molecule has 1 aliphatic heterocycles. The molecule has 1 aliphatic rings. The van der Waals surface area contributed by atoms with E-state index in [1.807, 2.05) is 18.0 Å². The smallest absolute Gasteiger partial charge is 0.318 e. The number of ether oxygens (including phenoxy) is 1. The lowest BCUT2D eigenvalue weighted by atomic mass is 9.92. The molecule has 4 aromatic carbocycles. The molecule has 61 heavy (non-hydrogen) atoms. The van der Waals surface area contributed by atoms with Crippen LogP contribution in [0.1, 0.15) is 6.42 Å². The van der Waals surface area contributed by atoms with E-state index in [2.05, 4.69) is 42.3 Å². The largest absolute Gasteiger partial charge is 0.487 e. The standard InChI is InChI=1S/C40H54N6O13S2/c1-41(13-8-14-44(2,3)4)31-21-32(59-20-19-46(7)17-15-45(5,6)16-18-46)28-10-12-30-34(61(57,58)43(25-37(51)52)26-38(53)54)22-33(29-11-9-27(31)39(28)40(29)30)60(55,56)42(23-35(47)48)24-36(49)50/h9-12,21-22H,8,13-20,23-26H2,1-7H3,(H-3,47,48,49,50,51,52,53,54)/p+3. The van der Waals surface area contributed by atoms with Crippen molar-refractivity contribution in [2.75, 3.05) is 133 Å². The van der Waals surface area contributed by atoms with E-state index < -0.39 is 79.9 Å². The minimum absolute atomic E-state index is 0.0623. The van der Waals surface area contributed by atoms with Gasteiger partial charge in [0.05, 0.1) is 58.6 Å². The van der Waals surface area contributed by atoms with Gasteiger partial charge in [0.1, 0.15) is 71.3 Å². The van der Waals surface area contributed by atoms with E-state index >= 15 is 0 Å². The number of carboxylic acid groups (broad SMARTS) is 4. The lowest BCUT2D eigenvalue weighted by molar-refractivity contribution is -1.01. The minimum Gasteiger partial charge on any atom is -0.487 e. The van der Waals surface area contributed by atoms with Crippen molar-refractivity contribution >= 4 is 81.9 Å². The van der Waals surface area contributed by atoms with Gasteiger partial charge in [0, 0.05) is 64.1 Å². The quantitative estimate of drug-likeness (QED) is 0.0683. The van der Waals surface area contributed by atoms with E-state index in [4.69, 9.17) is 4.74 Å². The van der Waals surface area contributed by atoms with Gasteiger partial charge >= 0.3 is 23.9 Å². The summed E-state index contributed by atoms with van der Waals surface area (Å²) >= 11 is 0. The van der Waals surface area contributed by atoms with Crippen LogP contribution in [0.15, 0.2) is 46.2 Å². The molecule has 0 saturated carbocycles. The number of hydrogen-bond acceptors (Lipinski definition) is 10. The number of hydrogen-bond donors (Lipinski definition) is 4. The molecule has 0 radical (unpaired) electrons. The molecule has 0 atom stereocenters. The molecule has 1 fully saturated rings. The number of likely N-dealkylation sites (N-methyl/N-ethyl adjacent to an activating group) is 2. The zero-order valence-electron chi connectivity index (χ0n) is 35.6. The molecule has 4 N–H and O–H groups in total. The third-order valence-electron chi connectivity index (χ3n) is 11.4. The van der Waals surface area contributed by atoms with Crippen LogP contribution in [0.5, 0.6) is 5.75 Å². The van der Waals surface area contributed by atoms with Crippen LogP contribution in [0.25, 0.3) is 32.3 Å². The Balaban J connectivity index is 1.85. The molecule has 4 aromatic rings. The monoisotopic (exact) mass is 893 g/mol. The molecule has 0 spiro atoms. The number of benzene rings is 4. The average molecular weight is 894 g/mol. The van der Waals surface area contributed by atoms with Gasteiger partial charge in [-0.05, 0) is 12.1 Å². The molecule has 0 aliphatic carbocycles. The Morgan fingerprint density at radius 1 is 0.672 bits per heavy atom. The number of carbonyl (C=O) groups is 4. The van der Waals surface area contributed by atoms with Crippen LogP contribution >= 0.6 is 0 Å². The van der Waals surface area contributed by atoms with Crippen molar-refractivity contribution in [1.82, 2.24) is 8.61 Å². The van der Waals surface area contributed by atoms with E-state index in [1.54, 1.807) is 12.1 Å². The third kappa shape index (κ3) is 10.6. The molecule has 334 valence electrons. The lowest BCUT2D eigenvalue weighted by Crippen LogP contribution is -2.63. The number of quaternary nitrogens is 3. The molecule has 0 amide bonds. The van der Waals surface area contributed by atoms with E-state index in [1.165, 1.54) is 12.1 Å². The first-order chi connectivity index (χ1) is 28.2. The molecule has 19 nitrogen and oxygen atoms in total.